The zero-order valence-corrected chi connectivity index (χ0v) is 16.4. The number of nitrogens with one attached hydrogen (secondary N) is 1. The van der Waals surface area contributed by atoms with Crippen LogP contribution in [0.15, 0.2) is 53.0 Å². The quantitative estimate of drug-likeness (QED) is 0.763. The van der Waals surface area contributed by atoms with Gasteiger partial charge in [-0.1, -0.05) is 54.1 Å². The topological polar surface area (TPSA) is 32.3 Å². The van der Waals surface area contributed by atoms with E-state index in [1.54, 1.807) is 0 Å². The molecule has 0 saturated carbocycles. The summed E-state index contributed by atoms with van der Waals surface area (Å²) in [7, 11) is 0. The third kappa shape index (κ3) is 5.06. The summed E-state index contributed by atoms with van der Waals surface area (Å²) in [5.41, 5.74) is 2.26. The first kappa shape index (κ1) is 18.4. The Morgan fingerprint density at radius 1 is 1.12 bits per heavy atom. The SMILES string of the molecule is O=C(NCc1cccc(Br)c1Cl)C1CCN(Cc2ccccc2)CC1. The molecule has 1 aliphatic rings. The highest BCUT2D eigenvalue weighted by atomic mass is 79.9. The Balaban J connectivity index is 1.46. The molecule has 2 aromatic carbocycles. The van der Waals surface area contributed by atoms with Gasteiger partial charge < -0.3 is 5.32 Å². The maximum absolute atomic E-state index is 12.4. The van der Waals surface area contributed by atoms with Crippen molar-refractivity contribution in [2.75, 3.05) is 13.1 Å². The molecule has 0 radical (unpaired) electrons. The third-order valence-electron chi connectivity index (χ3n) is 4.69. The molecule has 0 aliphatic carbocycles. The van der Waals surface area contributed by atoms with Gasteiger partial charge in [0, 0.05) is 23.5 Å². The summed E-state index contributed by atoms with van der Waals surface area (Å²) in [6.45, 7) is 3.36. The van der Waals surface area contributed by atoms with Crippen molar-refractivity contribution in [2.45, 2.75) is 25.9 Å². The molecule has 132 valence electrons. The lowest BCUT2D eigenvalue weighted by Crippen LogP contribution is -2.40. The van der Waals surface area contributed by atoms with Gasteiger partial charge in [-0.15, -0.1) is 0 Å². The smallest absolute Gasteiger partial charge is 0.223 e. The molecule has 0 atom stereocenters. The molecular weight excluding hydrogens is 400 g/mol. The van der Waals surface area contributed by atoms with E-state index in [0.29, 0.717) is 11.6 Å². The number of piperidine rings is 1. The molecule has 0 aromatic heterocycles. The zero-order valence-electron chi connectivity index (χ0n) is 14.1. The van der Waals surface area contributed by atoms with Crippen molar-refractivity contribution in [3.63, 3.8) is 0 Å². The minimum atomic E-state index is 0.0953. The van der Waals surface area contributed by atoms with Crippen molar-refractivity contribution in [2.24, 2.45) is 5.92 Å². The standard InChI is InChI=1S/C20H22BrClN2O/c21-18-8-4-7-17(19(18)22)13-23-20(25)16-9-11-24(12-10-16)14-15-5-2-1-3-6-15/h1-8,16H,9-14H2,(H,23,25). The van der Waals surface area contributed by atoms with Crippen molar-refractivity contribution >= 4 is 33.4 Å². The van der Waals surface area contributed by atoms with Gasteiger partial charge >= 0.3 is 0 Å². The molecule has 25 heavy (non-hydrogen) atoms. The number of benzene rings is 2. The summed E-state index contributed by atoms with van der Waals surface area (Å²) in [6.07, 6.45) is 1.82. The minimum absolute atomic E-state index is 0.0953. The van der Waals surface area contributed by atoms with Gasteiger partial charge in [0.2, 0.25) is 5.91 Å². The highest BCUT2D eigenvalue weighted by Crippen LogP contribution is 2.26. The zero-order chi connectivity index (χ0) is 17.6. The first-order valence-electron chi connectivity index (χ1n) is 8.60. The first-order valence-corrected chi connectivity index (χ1v) is 9.77. The first-order chi connectivity index (χ1) is 12.1. The van der Waals surface area contributed by atoms with E-state index in [0.717, 1.165) is 42.5 Å². The number of halogens is 2. The normalized spacial score (nSPS) is 15.9. The van der Waals surface area contributed by atoms with Gasteiger partial charge in [0.15, 0.2) is 0 Å². The van der Waals surface area contributed by atoms with Gasteiger partial charge in [-0.2, -0.15) is 0 Å². The molecule has 1 saturated heterocycles. The number of hydrogen-bond acceptors (Lipinski definition) is 2. The van der Waals surface area contributed by atoms with E-state index in [9.17, 15) is 4.79 Å². The van der Waals surface area contributed by atoms with Gasteiger partial charge in [0.05, 0.1) is 5.02 Å². The lowest BCUT2D eigenvalue weighted by atomic mass is 9.95. The fourth-order valence-corrected chi connectivity index (χ4v) is 3.81. The van der Waals surface area contributed by atoms with Gasteiger partial charge in [-0.3, -0.25) is 9.69 Å². The van der Waals surface area contributed by atoms with Crippen LogP contribution in [0.2, 0.25) is 5.02 Å². The van der Waals surface area contributed by atoms with Crippen LogP contribution in [0.1, 0.15) is 24.0 Å². The molecule has 1 aliphatic heterocycles. The third-order valence-corrected chi connectivity index (χ3v) is 6.03. The van der Waals surface area contributed by atoms with Crippen LogP contribution in [0.4, 0.5) is 0 Å². The van der Waals surface area contributed by atoms with Crippen LogP contribution in [0.5, 0.6) is 0 Å². The summed E-state index contributed by atoms with van der Waals surface area (Å²) in [6, 6.07) is 16.3. The number of likely N-dealkylation sites (tertiary alicyclic amines) is 1. The predicted octanol–water partition coefficient (Wildman–Crippen LogP) is 4.63. The Labute approximate surface area is 162 Å². The number of carbonyl (C=O) groups is 1. The lowest BCUT2D eigenvalue weighted by molar-refractivity contribution is -0.126. The molecule has 3 nitrogen and oxygen atoms in total. The Hall–Kier alpha value is -1.36. The van der Waals surface area contributed by atoms with Crippen molar-refractivity contribution < 1.29 is 4.79 Å². The van der Waals surface area contributed by atoms with E-state index in [1.165, 1.54) is 5.56 Å². The second-order valence-corrected chi connectivity index (χ2v) is 7.70. The molecule has 0 spiro atoms. The molecule has 1 heterocycles. The largest absolute Gasteiger partial charge is 0.352 e. The number of rotatable bonds is 5. The Morgan fingerprint density at radius 3 is 2.56 bits per heavy atom. The second-order valence-electron chi connectivity index (χ2n) is 6.47. The van der Waals surface area contributed by atoms with Crippen LogP contribution in [0.3, 0.4) is 0 Å². The second kappa shape index (κ2) is 8.84. The Bertz CT molecular complexity index is 715. The summed E-state index contributed by atoms with van der Waals surface area (Å²) in [5, 5.41) is 3.71. The van der Waals surface area contributed by atoms with E-state index in [4.69, 9.17) is 11.6 Å². The summed E-state index contributed by atoms with van der Waals surface area (Å²) >= 11 is 9.67. The molecule has 5 heteroatoms. The molecule has 0 bridgehead atoms. The van der Waals surface area contributed by atoms with Crippen LogP contribution in [0, 0.1) is 5.92 Å². The van der Waals surface area contributed by atoms with Gasteiger partial charge in [0.25, 0.3) is 0 Å². The van der Waals surface area contributed by atoms with E-state index in [-0.39, 0.29) is 11.8 Å². The van der Waals surface area contributed by atoms with E-state index < -0.39 is 0 Å². The van der Waals surface area contributed by atoms with E-state index in [1.807, 2.05) is 24.3 Å². The number of amides is 1. The van der Waals surface area contributed by atoms with E-state index in [2.05, 4.69) is 50.4 Å². The van der Waals surface area contributed by atoms with Gasteiger partial charge in [-0.05, 0) is 59.1 Å². The number of nitrogens with zero attached hydrogens (tertiary/aromatic N) is 1. The van der Waals surface area contributed by atoms with Crippen LogP contribution in [-0.2, 0) is 17.9 Å². The Morgan fingerprint density at radius 2 is 1.84 bits per heavy atom. The molecule has 2 aromatic rings. The van der Waals surface area contributed by atoms with Crippen LogP contribution >= 0.6 is 27.5 Å². The van der Waals surface area contributed by atoms with Crippen molar-refractivity contribution in [3.05, 3.63) is 69.2 Å². The maximum Gasteiger partial charge on any atom is 0.223 e. The average molecular weight is 422 g/mol. The highest BCUT2D eigenvalue weighted by molar-refractivity contribution is 9.10. The molecule has 0 unspecified atom stereocenters. The molecule has 1 N–H and O–H groups in total. The summed E-state index contributed by atoms with van der Waals surface area (Å²) < 4.78 is 0.857. The van der Waals surface area contributed by atoms with Crippen LogP contribution in [-0.4, -0.2) is 23.9 Å². The predicted molar refractivity (Wildman–Crippen MR) is 105 cm³/mol. The van der Waals surface area contributed by atoms with Crippen LogP contribution in [0.25, 0.3) is 0 Å². The van der Waals surface area contributed by atoms with Gasteiger partial charge in [-0.25, -0.2) is 0 Å². The fraction of sp³-hybridized carbons (Fsp3) is 0.350. The van der Waals surface area contributed by atoms with Crippen LogP contribution < -0.4 is 5.32 Å². The maximum atomic E-state index is 12.4. The molecular formula is C20H22BrClN2O. The van der Waals surface area contributed by atoms with E-state index >= 15 is 0 Å². The monoisotopic (exact) mass is 420 g/mol. The lowest BCUT2D eigenvalue weighted by Gasteiger charge is -2.31. The van der Waals surface area contributed by atoms with Crippen molar-refractivity contribution in [1.29, 1.82) is 0 Å². The van der Waals surface area contributed by atoms with Gasteiger partial charge in [0.1, 0.15) is 0 Å². The summed E-state index contributed by atoms with van der Waals surface area (Å²) in [4.78, 5) is 14.9. The van der Waals surface area contributed by atoms with Crippen molar-refractivity contribution in [1.82, 2.24) is 10.2 Å². The molecule has 3 rings (SSSR count). The Kier molecular flexibility index (Phi) is 6.51. The fourth-order valence-electron chi connectivity index (χ4n) is 3.21. The summed E-state index contributed by atoms with van der Waals surface area (Å²) in [5.74, 6) is 0.230. The minimum Gasteiger partial charge on any atom is -0.352 e. The molecule has 1 fully saturated rings. The number of hydrogen-bond donors (Lipinski definition) is 1. The average Bonchev–Trinajstić information content (AvgIpc) is 2.64. The highest BCUT2D eigenvalue weighted by Gasteiger charge is 2.24. The van der Waals surface area contributed by atoms with Crippen molar-refractivity contribution in [3.8, 4) is 0 Å². The number of carbonyl (C=O) groups excluding carboxylic acids is 1. The molecule has 1 amide bonds.